The molecule has 1 saturated heterocycles. The Morgan fingerprint density at radius 2 is 2.08 bits per heavy atom. The molecular formula is C16H21N5OS2. The zero-order chi connectivity index (χ0) is 16.7. The molecule has 3 aromatic rings. The number of hydrogen-bond acceptors (Lipinski definition) is 7. The summed E-state index contributed by atoms with van der Waals surface area (Å²) in [5.41, 5.74) is 0. The van der Waals surface area contributed by atoms with Gasteiger partial charge in [0.05, 0.1) is 10.9 Å². The van der Waals surface area contributed by atoms with Gasteiger partial charge < -0.3 is 10.0 Å². The van der Waals surface area contributed by atoms with Gasteiger partial charge in [0.1, 0.15) is 0 Å². The van der Waals surface area contributed by atoms with E-state index < -0.39 is 0 Å². The van der Waals surface area contributed by atoms with Gasteiger partial charge in [-0.1, -0.05) is 24.3 Å². The number of aromatic hydroxyl groups is 1. The highest BCUT2D eigenvalue weighted by molar-refractivity contribution is 7.17. The van der Waals surface area contributed by atoms with Gasteiger partial charge >= 0.3 is 0 Å². The summed E-state index contributed by atoms with van der Waals surface area (Å²) in [6.45, 7) is 6.10. The first-order chi connectivity index (χ1) is 11.7. The summed E-state index contributed by atoms with van der Waals surface area (Å²) in [7, 11) is 2.16. The molecule has 8 heteroatoms. The average Bonchev–Trinajstić information content (AvgIpc) is 3.29. The number of thiazole rings is 1. The third-order valence-electron chi connectivity index (χ3n) is 4.52. The van der Waals surface area contributed by atoms with E-state index in [9.17, 15) is 5.11 Å². The fourth-order valence-electron chi connectivity index (χ4n) is 3.12. The monoisotopic (exact) mass is 363 g/mol. The Balaban J connectivity index is 1.76. The fraction of sp³-hybridized carbons (Fsp3) is 0.500. The lowest BCUT2D eigenvalue weighted by Crippen LogP contribution is -2.45. The van der Waals surface area contributed by atoms with Crippen molar-refractivity contribution in [3.8, 4) is 5.88 Å². The number of rotatable bonds is 4. The minimum atomic E-state index is 0.0808. The van der Waals surface area contributed by atoms with E-state index in [1.807, 2.05) is 6.92 Å². The first kappa shape index (κ1) is 16.0. The first-order valence-corrected chi connectivity index (χ1v) is 9.90. The van der Waals surface area contributed by atoms with E-state index in [-0.39, 0.29) is 11.9 Å². The van der Waals surface area contributed by atoms with E-state index >= 15 is 0 Å². The normalized spacial score (nSPS) is 18.4. The van der Waals surface area contributed by atoms with Crippen LogP contribution in [0.2, 0.25) is 0 Å². The van der Waals surface area contributed by atoms with Crippen molar-refractivity contribution in [1.29, 1.82) is 0 Å². The molecule has 0 spiro atoms. The van der Waals surface area contributed by atoms with Crippen LogP contribution in [0.3, 0.4) is 0 Å². The van der Waals surface area contributed by atoms with Crippen LogP contribution < -0.4 is 0 Å². The van der Waals surface area contributed by atoms with E-state index in [1.54, 1.807) is 27.2 Å². The SMILES string of the molecule is CCc1nc2sc([C@@H](c3cccs3)N3CCN(C)CC3)c(O)n2n1. The standard InChI is InChI=1S/C16H21N5OS2/c1-3-12-17-16-21(18-12)15(22)14(24-16)13(11-5-4-10-23-11)20-8-6-19(2)7-9-20/h4-5,10,13,22H,3,6-9H2,1-2H3/t13-/m1/s1. The van der Waals surface area contributed by atoms with Crippen LogP contribution in [0.1, 0.15) is 28.5 Å². The van der Waals surface area contributed by atoms with E-state index in [4.69, 9.17) is 0 Å². The largest absolute Gasteiger partial charge is 0.492 e. The Hall–Kier alpha value is -1.48. The summed E-state index contributed by atoms with van der Waals surface area (Å²) in [5, 5.41) is 17.3. The minimum absolute atomic E-state index is 0.0808. The van der Waals surface area contributed by atoms with Gasteiger partial charge in [0.25, 0.3) is 0 Å². The summed E-state index contributed by atoms with van der Waals surface area (Å²) < 4.78 is 1.59. The Bertz CT molecular complexity index is 817. The Morgan fingerprint density at radius 3 is 2.71 bits per heavy atom. The van der Waals surface area contributed by atoms with Gasteiger partial charge in [-0.3, -0.25) is 4.90 Å². The molecule has 0 aliphatic carbocycles. The van der Waals surface area contributed by atoms with Gasteiger partial charge in [0.15, 0.2) is 5.82 Å². The van der Waals surface area contributed by atoms with Crippen LogP contribution >= 0.6 is 22.7 Å². The van der Waals surface area contributed by atoms with Crippen molar-refractivity contribution in [2.75, 3.05) is 33.2 Å². The molecule has 4 rings (SSSR count). The predicted octanol–water partition coefficient (Wildman–Crippen LogP) is 2.46. The topological polar surface area (TPSA) is 56.9 Å². The van der Waals surface area contributed by atoms with Gasteiger partial charge in [0, 0.05) is 37.5 Å². The van der Waals surface area contributed by atoms with Gasteiger partial charge in [-0.05, 0) is 18.5 Å². The summed E-state index contributed by atoms with van der Waals surface area (Å²) in [6.07, 6.45) is 0.774. The number of piperazine rings is 1. The number of fused-ring (bicyclic) bond motifs is 1. The van der Waals surface area contributed by atoms with Crippen LogP contribution in [-0.2, 0) is 6.42 Å². The van der Waals surface area contributed by atoms with Crippen LogP contribution in [0.4, 0.5) is 0 Å². The second kappa shape index (κ2) is 6.44. The van der Waals surface area contributed by atoms with Crippen molar-refractivity contribution in [3.63, 3.8) is 0 Å². The summed E-state index contributed by atoms with van der Waals surface area (Å²) in [4.78, 5) is 12.3. The second-order valence-corrected chi connectivity index (χ2v) is 8.11. The maximum atomic E-state index is 10.8. The van der Waals surface area contributed by atoms with Crippen molar-refractivity contribution in [3.05, 3.63) is 33.1 Å². The molecule has 3 aromatic heterocycles. The molecule has 1 aliphatic rings. The van der Waals surface area contributed by atoms with Gasteiger partial charge in [-0.15, -0.1) is 16.4 Å². The molecule has 6 nitrogen and oxygen atoms in total. The summed E-state index contributed by atoms with van der Waals surface area (Å²) in [6, 6.07) is 4.31. The molecule has 24 heavy (non-hydrogen) atoms. The highest BCUT2D eigenvalue weighted by Gasteiger charge is 2.31. The first-order valence-electron chi connectivity index (χ1n) is 8.20. The second-order valence-electron chi connectivity index (χ2n) is 6.12. The number of thiophene rings is 1. The number of aryl methyl sites for hydroxylation is 1. The van der Waals surface area contributed by atoms with Crippen molar-refractivity contribution in [2.24, 2.45) is 0 Å². The van der Waals surface area contributed by atoms with Crippen LogP contribution in [0.5, 0.6) is 5.88 Å². The highest BCUT2D eigenvalue weighted by atomic mass is 32.1. The van der Waals surface area contributed by atoms with Crippen molar-refractivity contribution in [1.82, 2.24) is 24.4 Å². The molecule has 128 valence electrons. The molecule has 1 aliphatic heterocycles. The molecular weight excluding hydrogens is 342 g/mol. The Kier molecular flexibility index (Phi) is 4.29. The average molecular weight is 364 g/mol. The zero-order valence-electron chi connectivity index (χ0n) is 13.8. The lowest BCUT2D eigenvalue weighted by molar-refractivity contribution is 0.128. The smallest absolute Gasteiger partial charge is 0.230 e. The van der Waals surface area contributed by atoms with E-state index in [2.05, 4.69) is 44.4 Å². The molecule has 1 N–H and O–H groups in total. The van der Waals surface area contributed by atoms with Gasteiger partial charge in [-0.25, -0.2) is 4.98 Å². The third-order valence-corrected chi connectivity index (χ3v) is 6.52. The quantitative estimate of drug-likeness (QED) is 0.772. The van der Waals surface area contributed by atoms with Crippen LogP contribution in [-0.4, -0.2) is 62.7 Å². The molecule has 0 amide bonds. The molecule has 1 fully saturated rings. The lowest BCUT2D eigenvalue weighted by Gasteiger charge is -2.37. The fourth-order valence-corrected chi connectivity index (χ4v) is 5.19. The van der Waals surface area contributed by atoms with E-state index in [0.717, 1.165) is 48.3 Å². The Labute approximate surface area is 149 Å². The van der Waals surface area contributed by atoms with Crippen LogP contribution in [0.25, 0.3) is 4.96 Å². The molecule has 0 unspecified atom stereocenters. The number of hydrogen-bond donors (Lipinski definition) is 1. The van der Waals surface area contributed by atoms with E-state index in [1.165, 1.54) is 4.88 Å². The maximum absolute atomic E-state index is 10.8. The number of aromatic nitrogens is 3. The van der Waals surface area contributed by atoms with Gasteiger partial charge in [-0.2, -0.15) is 4.52 Å². The third kappa shape index (κ3) is 2.73. The van der Waals surface area contributed by atoms with Gasteiger partial charge in [0.2, 0.25) is 10.8 Å². The zero-order valence-corrected chi connectivity index (χ0v) is 15.5. The molecule has 4 heterocycles. The lowest BCUT2D eigenvalue weighted by atomic mass is 10.1. The molecule has 0 bridgehead atoms. The molecule has 0 aromatic carbocycles. The van der Waals surface area contributed by atoms with E-state index in [0.29, 0.717) is 0 Å². The van der Waals surface area contributed by atoms with Crippen molar-refractivity contribution < 1.29 is 5.11 Å². The predicted molar refractivity (Wildman–Crippen MR) is 97.1 cm³/mol. The Morgan fingerprint density at radius 1 is 1.29 bits per heavy atom. The number of likely N-dealkylation sites (N-methyl/N-ethyl adjacent to an activating group) is 1. The highest BCUT2D eigenvalue weighted by Crippen LogP contribution is 2.41. The molecule has 0 radical (unpaired) electrons. The van der Waals surface area contributed by atoms with Crippen LogP contribution in [0.15, 0.2) is 17.5 Å². The van der Waals surface area contributed by atoms with Crippen LogP contribution in [0, 0.1) is 0 Å². The van der Waals surface area contributed by atoms with Crippen molar-refractivity contribution in [2.45, 2.75) is 19.4 Å². The molecule has 1 atom stereocenters. The summed E-state index contributed by atoms with van der Waals surface area (Å²) >= 11 is 3.29. The molecule has 0 saturated carbocycles. The summed E-state index contributed by atoms with van der Waals surface area (Å²) in [5.74, 6) is 1.01. The van der Waals surface area contributed by atoms with Crippen molar-refractivity contribution >= 4 is 27.6 Å². The maximum Gasteiger partial charge on any atom is 0.230 e. The number of nitrogens with zero attached hydrogens (tertiary/aromatic N) is 5. The minimum Gasteiger partial charge on any atom is -0.492 e.